The number of hydrogen-bond donors (Lipinski definition) is 0. The lowest BCUT2D eigenvalue weighted by Gasteiger charge is -2.46. The van der Waals surface area contributed by atoms with E-state index in [0.29, 0.717) is 17.6 Å². The first-order valence-electron chi connectivity index (χ1n) is 9.61. The average molecular weight is 321 g/mol. The topological polar surface area (TPSA) is 18.5 Å². The van der Waals surface area contributed by atoms with Gasteiger partial charge in [0.15, 0.2) is 0 Å². The summed E-state index contributed by atoms with van der Waals surface area (Å²) in [5.74, 6) is 1.71. The highest BCUT2D eigenvalue weighted by molar-refractivity contribution is 4.91. The van der Waals surface area contributed by atoms with Crippen molar-refractivity contribution in [1.82, 2.24) is 0 Å². The summed E-state index contributed by atoms with van der Waals surface area (Å²) in [4.78, 5) is 0. The molecule has 2 heteroatoms. The maximum atomic E-state index is 5.79. The molecule has 2 rings (SSSR count). The van der Waals surface area contributed by atoms with Crippen LogP contribution in [0.4, 0.5) is 0 Å². The maximum Gasteiger partial charge on any atom is 0.0978 e. The first kappa shape index (κ1) is 18.4. The second kappa shape index (κ2) is 8.80. The third-order valence-electron chi connectivity index (χ3n) is 6.27. The smallest absolute Gasteiger partial charge is 0.0978 e. The van der Waals surface area contributed by atoms with Crippen molar-refractivity contribution in [2.75, 3.05) is 0 Å². The Morgan fingerprint density at radius 2 is 1.00 bits per heavy atom. The van der Waals surface area contributed by atoms with E-state index in [1.165, 1.54) is 51.4 Å². The van der Waals surface area contributed by atoms with Crippen molar-refractivity contribution in [2.45, 2.75) is 91.3 Å². The van der Waals surface area contributed by atoms with Gasteiger partial charge >= 0.3 is 0 Å². The molecule has 23 heavy (non-hydrogen) atoms. The molecule has 2 aliphatic carbocycles. The Hall–Kier alpha value is -0.920. The van der Waals surface area contributed by atoms with Crippen molar-refractivity contribution in [1.29, 1.82) is 0 Å². The van der Waals surface area contributed by atoms with Crippen LogP contribution in [0.5, 0.6) is 0 Å². The standard InChI is InChI=1S/C21H36O2/c1-5-15-22-19-11-7-17(8-12-19)21(3,4)18-9-13-20(14-10-18)23-16-6-2/h5-6,15-20H,7-14H2,1-4H3. The van der Waals surface area contributed by atoms with Crippen molar-refractivity contribution < 1.29 is 9.47 Å². The predicted molar refractivity (Wildman–Crippen MR) is 97.1 cm³/mol. The van der Waals surface area contributed by atoms with Gasteiger partial charge in [0, 0.05) is 0 Å². The molecular weight excluding hydrogens is 284 g/mol. The van der Waals surface area contributed by atoms with Crippen LogP contribution in [0.15, 0.2) is 24.7 Å². The molecule has 0 radical (unpaired) electrons. The third-order valence-corrected chi connectivity index (χ3v) is 6.27. The Morgan fingerprint density at radius 3 is 1.30 bits per heavy atom. The summed E-state index contributed by atoms with van der Waals surface area (Å²) in [5, 5.41) is 0. The molecule has 0 aromatic carbocycles. The van der Waals surface area contributed by atoms with Gasteiger partial charge in [-0.25, -0.2) is 0 Å². The summed E-state index contributed by atoms with van der Waals surface area (Å²) < 4.78 is 11.6. The van der Waals surface area contributed by atoms with Crippen LogP contribution in [0, 0.1) is 17.3 Å². The van der Waals surface area contributed by atoms with E-state index in [-0.39, 0.29) is 0 Å². The lowest BCUT2D eigenvalue weighted by Crippen LogP contribution is -2.38. The second-order valence-electron chi connectivity index (χ2n) is 7.98. The van der Waals surface area contributed by atoms with Crippen molar-refractivity contribution >= 4 is 0 Å². The Labute approximate surface area is 143 Å². The van der Waals surface area contributed by atoms with Gasteiger partial charge < -0.3 is 9.47 Å². The number of allylic oxidation sites excluding steroid dienone is 2. The minimum atomic E-state index is 0.447. The van der Waals surface area contributed by atoms with Gasteiger partial charge in [0.25, 0.3) is 0 Å². The molecule has 0 bridgehead atoms. The minimum absolute atomic E-state index is 0.447. The summed E-state index contributed by atoms with van der Waals surface area (Å²) in [5.41, 5.74) is 0.455. The van der Waals surface area contributed by atoms with Gasteiger partial charge in [0.05, 0.1) is 24.7 Å². The molecule has 2 nitrogen and oxygen atoms in total. The van der Waals surface area contributed by atoms with E-state index in [1.54, 1.807) is 0 Å². The normalized spacial score (nSPS) is 33.2. The Balaban J connectivity index is 1.80. The van der Waals surface area contributed by atoms with Crippen LogP contribution < -0.4 is 0 Å². The van der Waals surface area contributed by atoms with Crippen molar-refractivity contribution in [3.8, 4) is 0 Å². The maximum absolute atomic E-state index is 5.79. The molecule has 132 valence electrons. The summed E-state index contributed by atoms with van der Waals surface area (Å²) in [7, 11) is 0. The molecule has 2 fully saturated rings. The van der Waals surface area contributed by atoms with E-state index < -0.39 is 0 Å². The Kier molecular flexibility index (Phi) is 7.05. The van der Waals surface area contributed by atoms with Crippen LogP contribution in [0.3, 0.4) is 0 Å². The molecule has 0 aromatic heterocycles. The predicted octanol–water partition coefficient (Wildman–Crippen LogP) is 6.23. The zero-order valence-electron chi connectivity index (χ0n) is 15.6. The van der Waals surface area contributed by atoms with Crippen LogP contribution in [-0.4, -0.2) is 12.2 Å². The van der Waals surface area contributed by atoms with E-state index in [4.69, 9.17) is 9.47 Å². The fraction of sp³-hybridized carbons (Fsp3) is 0.810. The van der Waals surface area contributed by atoms with Gasteiger partial charge in [-0.2, -0.15) is 0 Å². The molecule has 0 aliphatic heterocycles. The van der Waals surface area contributed by atoms with Gasteiger partial charge in [-0.1, -0.05) is 26.0 Å². The molecule has 0 N–H and O–H groups in total. The van der Waals surface area contributed by atoms with Gasteiger partial charge in [-0.3, -0.25) is 0 Å². The highest BCUT2D eigenvalue weighted by Crippen LogP contribution is 2.48. The van der Waals surface area contributed by atoms with Crippen molar-refractivity contribution in [2.24, 2.45) is 17.3 Å². The first-order chi connectivity index (χ1) is 11.1. The summed E-state index contributed by atoms with van der Waals surface area (Å²) in [6.45, 7) is 9.07. The third kappa shape index (κ3) is 5.02. The molecular formula is C21H36O2. The molecule has 2 aliphatic rings. The van der Waals surface area contributed by atoms with E-state index in [2.05, 4.69) is 13.8 Å². The molecule has 0 saturated heterocycles. The average Bonchev–Trinajstić information content (AvgIpc) is 2.59. The zero-order chi connectivity index (χ0) is 16.7. The van der Waals surface area contributed by atoms with Crippen LogP contribution in [-0.2, 0) is 9.47 Å². The largest absolute Gasteiger partial charge is 0.498 e. The van der Waals surface area contributed by atoms with Gasteiger partial charge in [-0.05, 0) is 82.5 Å². The van der Waals surface area contributed by atoms with E-state index in [9.17, 15) is 0 Å². The monoisotopic (exact) mass is 320 g/mol. The number of rotatable bonds is 6. The van der Waals surface area contributed by atoms with Crippen LogP contribution in [0.25, 0.3) is 0 Å². The number of ether oxygens (including phenoxy) is 2. The summed E-state index contributed by atoms with van der Waals surface area (Å²) in [6.07, 6.45) is 18.8. The van der Waals surface area contributed by atoms with Crippen molar-refractivity contribution in [3.05, 3.63) is 24.7 Å². The number of hydrogen-bond acceptors (Lipinski definition) is 2. The molecule has 0 atom stereocenters. The lowest BCUT2D eigenvalue weighted by atomic mass is 9.60. The molecule has 0 spiro atoms. The zero-order valence-corrected chi connectivity index (χ0v) is 15.6. The van der Waals surface area contributed by atoms with Crippen LogP contribution >= 0.6 is 0 Å². The summed E-state index contributed by atoms with van der Waals surface area (Å²) in [6, 6.07) is 0. The van der Waals surface area contributed by atoms with Crippen LogP contribution in [0.2, 0.25) is 0 Å². The molecule has 0 heterocycles. The second-order valence-corrected chi connectivity index (χ2v) is 7.98. The van der Waals surface area contributed by atoms with Gasteiger partial charge in [0.1, 0.15) is 0 Å². The van der Waals surface area contributed by atoms with Gasteiger partial charge in [0.2, 0.25) is 0 Å². The molecule has 2 saturated carbocycles. The quantitative estimate of drug-likeness (QED) is 0.540. The Morgan fingerprint density at radius 1 is 0.652 bits per heavy atom. The fourth-order valence-electron chi connectivity index (χ4n) is 4.60. The highest BCUT2D eigenvalue weighted by Gasteiger charge is 2.40. The van der Waals surface area contributed by atoms with E-state index in [1.807, 2.05) is 38.5 Å². The highest BCUT2D eigenvalue weighted by atomic mass is 16.5. The molecule has 0 aromatic rings. The van der Waals surface area contributed by atoms with Crippen molar-refractivity contribution in [3.63, 3.8) is 0 Å². The first-order valence-corrected chi connectivity index (χ1v) is 9.61. The lowest BCUT2D eigenvalue weighted by molar-refractivity contribution is -0.00381. The molecule has 0 amide bonds. The SMILES string of the molecule is CC=COC1CCC(C(C)(C)C2CCC(OC=CC)CC2)CC1. The molecule has 0 unspecified atom stereocenters. The van der Waals surface area contributed by atoms with Gasteiger partial charge in [-0.15, -0.1) is 0 Å². The summed E-state index contributed by atoms with van der Waals surface area (Å²) >= 11 is 0. The minimum Gasteiger partial charge on any atom is -0.498 e. The Bertz CT molecular complexity index is 345. The fourth-order valence-corrected chi connectivity index (χ4v) is 4.60. The van der Waals surface area contributed by atoms with E-state index >= 15 is 0 Å². The van der Waals surface area contributed by atoms with E-state index in [0.717, 1.165) is 11.8 Å². The van der Waals surface area contributed by atoms with Crippen LogP contribution in [0.1, 0.15) is 79.1 Å².